The van der Waals surface area contributed by atoms with E-state index in [1.165, 1.54) is 23.7 Å². The van der Waals surface area contributed by atoms with Crippen molar-refractivity contribution >= 4 is 38.4 Å². The maximum Gasteiger partial charge on any atom is 0.419 e. The summed E-state index contributed by atoms with van der Waals surface area (Å²) >= 11 is 6.16. The van der Waals surface area contributed by atoms with Crippen LogP contribution in [0.5, 0.6) is 11.5 Å². The van der Waals surface area contributed by atoms with Gasteiger partial charge in [0.15, 0.2) is 17.1 Å². The smallest absolute Gasteiger partial charge is 0.419 e. The van der Waals surface area contributed by atoms with Crippen LogP contribution in [-0.2, 0) is 17.1 Å². The largest absolute Gasteiger partial charge is 0.449 e. The average Bonchev–Trinajstić information content (AvgIpc) is 3.10. The summed E-state index contributed by atoms with van der Waals surface area (Å²) in [6, 6.07) is 7.35. The van der Waals surface area contributed by atoms with Gasteiger partial charge in [-0.05, 0) is 18.2 Å². The second-order valence-electron chi connectivity index (χ2n) is 6.64. The molecule has 1 aliphatic heterocycles. The summed E-state index contributed by atoms with van der Waals surface area (Å²) in [4.78, 5) is 11.4. The number of hydrogen-bond donors (Lipinski definition) is 1. The van der Waals surface area contributed by atoms with Crippen LogP contribution >= 0.6 is 11.6 Å². The van der Waals surface area contributed by atoms with Crippen molar-refractivity contribution in [3.8, 4) is 11.5 Å². The Morgan fingerprint density at radius 3 is 2.61 bits per heavy atom. The molecule has 2 aromatic carbocycles. The molecular weight excluding hydrogens is 408 g/mol. The van der Waals surface area contributed by atoms with Crippen molar-refractivity contribution in [1.82, 2.24) is 4.57 Å². The molecule has 0 bridgehead atoms. The normalized spacial score (nSPS) is 18.6. The lowest BCUT2D eigenvalue weighted by Crippen LogP contribution is -2.33. The number of nitrogens with zero attached hydrogens (tertiary/aromatic N) is 1. The molecule has 1 aromatic heterocycles. The van der Waals surface area contributed by atoms with Crippen LogP contribution in [-0.4, -0.2) is 18.8 Å². The lowest BCUT2D eigenvalue weighted by Gasteiger charge is -2.20. The number of fused-ring (bicyclic) bond motifs is 2. The fourth-order valence-corrected chi connectivity index (χ4v) is 4.50. The van der Waals surface area contributed by atoms with Gasteiger partial charge in [-0.3, -0.25) is 9.29 Å². The Bertz CT molecular complexity index is 1260. The molecule has 28 heavy (non-hydrogen) atoms. The zero-order chi connectivity index (χ0) is 20.3. The highest BCUT2D eigenvalue weighted by Gasteiger charge is 2.35. The molecule has 10 heteroatoms. The minimum absolute atomic E-state index is 0.0318. The number of ether oxygens (including phenoxy) is 2. The summed E-state index contributed by atoms with van der Waals surface area (Å²) in [7, 11) is -2.53. The molecule has 8 nitrogen and oxygen atoms in total. The second kappa shape index (κ2) is 6.18. The van der Waals surface area contributed by atoms with Crippen molar-refractivity contribution in [1.29, 1.82) is 0 Å². The van der Waals surface area contributed by atoms with Gasteiger partial charge in [0.05, 0.1) is 16.2 Å². The molecule has 148 valence electrons. The van der Waals surface area contributed by atoms with Crippen LogP contribution in [0.3, 0.4) is 0 Å². The van der Waals surface area contributed by atoms with E-state index in [0.29, 0.717) is 23.4 Å². The lowest BCUT2D eigenvalue weighted by molar-refractivity contribution is -0.0640. The van der Waals surface area contributed by atoms with Gasteiger partial charge in [0.1, 0.15) is 4.90 Å². The van der Waals surface area contributed by atoms with Crippen LogP contribution in [0, 0.1) is 0 Å². The highest BCUT2D eigenvalue weighted by Crippen LogP contribution is 2.42. The zero-order valence-electron chi connectivity index (χ0n) is 15.3. The second-order valence-corrected chi connectivity index (χ2v) is 8.69. The third-order valence-corrected chi connectivity index (χ3v) is 6.47. The highest BCUT2D eigenvalue weighted by atomic mass is 35.5. The number of oxazole rings is 1. The van der Waals surface area contributed by atoms with Gasteiger partial charge in [-0.15, -0.1) is 0 Å². The molecule has 0 saturated carbocycles. The first-order chi connectivity index (χ1) is 13.1. The van der Waals surface area contributed by atoms with Crippen LogP contribution < -0.4 is 20.0 Å². The van der Waals surface area contributed by atoms with Gasteiger partial charge in [-0.1, -0.05) is 18.5 Å². The third kappa shape index (κ3) is 3.00. The SMILES string of the molecule is CC[C@]1(C)Oc2ccc(NS(=O)(=O)c3cc4oc(=O)n(C)c4cc3Cl)cc2O1. The molecule has 1 aliphatic rings. The van der Waals surface area contributed by atoms with Gasteiger partial charge < -0.3 is 13.9 Å². The van der Waals surface area contributed by atoms with Gasteiger partial charge in [-0.2, -0.15) is 0 Å². The number of halogens is 1. The lowest BCUT2D eigenvalue weighted by atomic mass is 10.2. The monoisotopic (exact) mass is 424 g/mol. The molecule has 1 N–H and O–H groups in total. The van der Waals surface area contributed by atoms with Gasteiger partial charge in [0, 0.05) is 32.5 Å². The standard InChI is InChI=1S/C18H17ClN2O6S/c1-4-18(2)26-13-6-5-10(7-15(13)27-18)20-28(23,24)16-9-14-12(8-11(16)19)21(3)17(22)25-14/h5-9,20H,4H2,1-3H3/t18-/m1/s1. The Morgan fingerprint density at radius 1 is 1.18 bits per heavy atom. The summed E-state index contributed by atoms with van der Waals surface area (Å²) in [5, 5.41) is -0.0318. The predicted molar refractivity (Wildman–Crippen MR) is 104 cm³/mol. The molecule has 1 atom stereocenters. The van der Waals surface area contributed by atoms with Gasteiger partial charge in [0.25, 0.3) is 10.0 Å². The number of aromatic nitrogens is 1. The molecule has 0 fully saturated rings. The first kappa shape index (κ1) is 18.7. The number of anilines is 1. The van der Waals surface area contributed by atoms with Crippen LogP contribution in [0.1, 0.15) is 20.3 Å². The zero-order valence-corrected chi connectivity index (χ0v) is 16.8. The first-order valence-corrected chi connectivity index (χ1v) is 10.3. The number of nitrogens with one attached hydrogen (secondary N) is 1. The summed E-state index contributed by atoms with van der Waals surface area (Å²) in [5.41, 5.74) is 0.811. The third-order valence-electron chi connectivity index (χ3n) is 4.63. The number of sulfonamides is 1. The van der Waals surface area contributed by atoms with Crippen LogP contribution in [0.15, 0.2) is 44.4 Å². The minimum atomic E-state index is -4.04. The molecule has 4 rings (SSSR count). The molecule has 0 radical (unpaired) electrons. The number of rotatable bonds is 4. The molecular formula is C18H17ClN2O6S. The minimum Gasteiger partial charge on any atom is -0.449 e. The van der Waals surface area contributed by atoms with E-state index >= 15 is 0 Å². The van der Waals surface area contributed by atoms with E-state index in [1.54, 1.807) is 25.1 Å². The van der Waals surface area contributed by atoms with Crippen LogP contribution in [0.4, 0.5) is 5.69 Å². The van der Waals surface area contributed by atoms with E-state index in [2.05, 4.69) is 4.72 Å². The highest BCUT2D eigenvalue weighted by molar-refractivity contribution is 7.92. The number of hydrogen-bond acceptors (Lipinski definition) is 6. The van der Waals surface area contributed by atoms with Crippen molar-refractivity contribution < 1.29 is 22.3 Å². The molecule has 0 saturated heterocycles. The average molecular weight is 425 g/mol. The van der Waals surface area contributed by atoms with E-state index in [9.17, 15) is 13.2 Å². The Labute approximate surface area is 165 Å². The molecule has 3 aromatic rings. The van der Waals surface area contributed by atoms with Gasteiger partial charge in [0.2, 0.25) is 5.79 Å². The summed E-state index contributed by atoms with van der Waals surface area (Å²) in [6.07, 6.45) is 0.626. The fourth-order valence-electron chi connectivity index (χ4n) is 2.91. The Morgan fingerprint density at radius 2 is 1.89 bits per heavy atom. The van der Waals surface area contributed by atoms with Gasteiger partial charge in [-0.25, -0.2) is 13.2 Å². The molecule has 2 heterocycles. The Balaban J connectivity index is 1.69. The molecule has 0 aliphatic carbocycles. The summed E-state index contributed by atoms with van der Waals surface area (Å²) < 4.78 is 46.0. The van der Waals surface area contributed by atoms with E-state index < -0.39 is 21.6 Å². The predicted octanol–water partition coefficient (Wildman–Crippen LogP) is 3.48. The quantitative estimate of drug-likeness (QED) is 0.688. The van der Waals surface area contributed by atoms with Crippen molar-refractivity contribution in [2.75, 3.05) is 4.72 Å². The Hall–Kier alpha value is -2.65. The van der Waals surface area contributed by atoms with E-state index in [-0.39, 0.29) is 21.2 Å². The topological polar surface area (TPSA) is 99.8 Å². The van der Waals surface area contributed by atoms with Crippen LogP contribution in [0.25, 0.3) is 11.1 Å². The first-order valence-electron chi connectivity index (χ1n) is 8.46. The van der Waals surface area contributed by atoms with E-state index in [4.69, 9.17) is 25.5 Å². The van der Waals surface area contributed by atoms with E-state index in [1.807, 2.05) is 6.92 Å². The van der Waals surface area contributed by atoms with Crippen molar-refractivity contribution in [2.45, 2.75) is 31.0 Å². The van der Waals surface area contributed by atoms with Crippen molar-refractivity contribution in [3.05, 3.63) is 45.9 Å². The maximum atomic E-state index is 12.8. The van der Waals surface area contributed by atoms with Crippen LogP contribution in [0.2, 0.25) is 5.02 Å². The van der Waals surface area contributed by atoms with Crippen molar-refractivity contribution in [2.24, 2.45) is 7.05 Å². The number of aryl methyl sites for hydroxylation is 1. The Kier molecular flexibility index (Phi) is 4.13. The molecule has 0 unspecified atom stereocenters. The summed E-state index contributed by atoms with van der Waals surface area (Å²) in [5.74, 6) is -0.403. The maximum absolute atomic E-state index is 12.8. The molecule has 0 spiro atoms. The van der Waals surface area contributed by atoms with Gasteiger partial charge >= 0.3 is 5.76 Å². The van der Waals surface area contributed by atoms with Crippen molar-refractivity contribution in [3.63, 3.8) is 0 Å². The number of benzene rings is 2. The molecule has 0 amide bonds. The summed E-state index contributed by atoms with van der Waals surface area (Å²) in [6.45, 7) is 3.73. The van der Waals surface area contributed by atoms with E-state index in [0.717, 1.165) is 0 Å². The fraction of sp³-hybridized carbons (Fsp3) is 0.278.